The first-order valence-corrected chi connectivity index (χ1v) is 9.99. The molecule has 124 valence electrons. The Morgan fingerprint density at radius 2 is 1.48 bits per heavy atom. The summed E-state index contributed by atoms with van der Waals surface area (Å²) in [7, 11) is 0. The Labute approximate surface area is 133 Å². The van der Waals surface area contributed by atoms with Crippen molar-refractivity contribution >= 4 is 0 Å². The van der Waals surface area contributed by atoms with E-state index in [4.69, 9.17) is 5.73 Å². The van der Waals surface area contributed by atoms with Gasteiger partial charge >= 0.3 is 0 Å². The Hall–Kier alpha value is -0.0400. The van der Waals surface area contributed by atoms with Crippen LogP contribution in [0.5, 0.6) is 0 Å². The molecule has 0 radical (unpaired) electrons. The zero-order chi connectivity index (χ0) is 14.9. The third-order valence-corrected chi connectivity index (χ3v) is 6.33. The molecule has 0 aromatic heterocycles. The van der Waals surface area contributed by atoms with Crippen molar-refractivity contribution in [2.24, 2.45) is 29.4 Å². The van der Waals surface area contributed by atoms with E-state index in [1.807, 2.05) is 0 Å². The highest BCUT2D eigenvalue weighted by molar-refractivity contribution is 4.77. The molecule has 1 heteroatoms. The summed E-state index contributed by atoms with van der Waals surface area (Å²) in [6, 6.07) is 0. The normalized spacial score (nSPS) is 36.3. The number of rotatable bonds is 3. The summed E-state index contributed by atoms with van der Waals surface area (Å²) in [5.41, 5.74) is 5.80. The van der Waals surface area contributed by atoms with Gasteiger partial charge in [0.15, 0.2) is 0 Å². The van der Waals surface area contributed by atoms with Crippen LogP contribution in [0.15, 0.2) is 0 Å². The lowest BCUT2D eigenvalue weighted by Crippen LogP contribution is -2.20. The molecule has 0 aromatic carbocycles. The van der Waals surface area contributed by atoms with Gasteiger partial charge in [0.05, 0.1) is 0 Å². The van der Waals surface area contributed by atoms with Gasteiger partial charge in [-0.25, -0.2) is 0 Å². The van der Waals surface area contributed by atoms with E-state index in [1.54, 1.807) is 0 Å². The minimum atomic E-state index is 0.889. The molecule has 0 amide bonds. The smallest absolute Gasteiger partial charge is 0.00772 e. The van der Waals surface area contributed by atoms with Crippen LogP contribution < -0.4 is 5.73 Å². The first-order valence-electron chi connectivity index (χ1n) is 9.99. The van der Waals surface area contributed by atoms with Crippen molar-refractivity contribution in [3.05, 3.63) is 0 Å². The molecule has 0 heterocycles. The van der Waals surface area contributed by atoms with Crippen LogP contribution in [0, 0.1) is 23.7 Å². The summed E-state index contributed by atoms with van der Waals surface area (Å²) in [6.45, 7) is 3.40. The number of hydrogen-bond acceptors (Lipinski definition) is 1. The molecule has 3 unspecified atom stereocenters. The molecule has 2 aliphatic carbocycles. The van der Waals surface area contributed by atoms with Crippen LogP contribution in [-0.4, -0.2) is 6.54 Å². The summed E-state index contributed by atoms with van der Waals surface area (Å²) in [6.07, 6.45) is 20.7. The lowest BCUT2D eigenvalue weighted by Gasteiger charge is -2.30. The molecule has 1 nitrogen and oxygen atoms in total. The maximum absolute atomic E-state index is 5.80. The van der Waals surface area contributed by atoms with Gasteiger partial charge in [0.25, 0.3) is 0 Å². The molecule has 0 spiro atoms. The van der Waals surface area contributed by atoms with Crippen molar-refractivity contribution < 1.29 is 0 Å². The van der Waals surface area contributed by atoms with Crippen LogP contribution in [0.25, 0.3) is 0 Å². The highest BCUT2D eigenvalue weighted by atomic mass is 14.5. The van der Waals surface area contributed by atoms with E-state index in [9.17, 15) is 0 Å². The number of hydrogen-bond donors (Lipinski definition) is 1. The van der Waals surface area contributed by atoms with E-state index >= 15 is 0 Å². The first kappa shape index (κ1) is 17.3. The summed E-state index contributed by atoms with van der Waals surface area (Å²) in [5, 5.41) is 0. The second kappa shape index (κ2) is 9.87. The fraction of sp³-hybridized carbons (Fsp3) is 1.00. The zero-order valence-corrected chi connectivity index (χ0v) is 14.5. The summed E-state index contributed by atoms with van der Waals surface area (Å²) >= 11 is 0. The molecule has 0 saturated heterocycles. The van der Waals surface area contributed by atoms with Crippen LogP contribution in [0.2, 0.25) is 0 Å². The minimum Gasteiger partial charge on any atom is -0.330 e. The molecule has 0 aromatic rings. The highest BCUT2D eigenvalue weighted by Crippen LogP contribution is 2.37. The maximum atomic E-state index is 5.80. The second-order valence-corrected chi connectivity index (χ2v) is 8.16. The molecule has 2 aliphatic rings. The van der Waals surface area contributed by atoms with Crippen LogP contribution in [0.4, 0.5) is 0 Å². The van der Waals surface area contributed by atoms with E-state index in [1.165, 1.54) is 89.9 Å². The van der Waals surface area contributed by atoms with Crippen LogP contribution in [0.3, 0.4) is 0 Å². The van der Waals surface area contributed by atoms with Gasteiger partial charge in [-0.2, -0.15) is 0 Å². The van der Waals surface area contributed by atoms with Crippen molar-refractivity contribution in [1.29, 1.82) is 0 Å². The molecule has 21 heavy (non-hydrogen) atoms. The molecular formula is C20H39N. The Balaban J connectivity index is 2.04. The van der Waals surface area contributed by atoms with E-state index < -0.39 is 0 Å². The van der Waals surface area contributed by atoms with Gasteiger partial charge < -0.3 is 5.73 Å². The quantitative estimate of drug-likeness (QED) is 0.687. The third kappa shape index (κ3) is 6.30. The molecule has 2 N–H and O–H groups in total. The molecular weight excluding hydrogens is 254 g/mol. The van der Waals surface area contributed by atoms with Crippen LogP contribution in [0.1, 0.15) is 96.8 Å². The molecule has 2 fully saturated rings. The Morgan fingerprint density at radius 3 is 2.29 bits per heavy atom. The maximum Gasteiger partial charge on any atom is -0.00772 e. The van der Waals surface area contributed by atoms with E-state index in [0.29, 0.717) is 0 Å². The fourth-order valence-corrected chi connectivity index (χ4v) is 5.05. The van der Waals surface area contributed by atoms with E-state index in [-0.39, 0.29) is 0 Å². The lowest BCUT2D eigenvalue weighted by molar-refractivity contribution is 0.214. The van der Waals surface area contributed by atoms with Gasteiger partial charge in [-0.15, -0.1) is 0 Å². The Kier molecular flexibility index (Phi) is 8.14. The SMILES string of the molecule is CC1CCCC2CCCCC[C@H](CCC2)C(CCCN)C1. The molecule has 2 saturated carbocycles. The van der Waals surface area contributed by atoms with Crippen molar-refractivity contribution in [2.75, 3.05) is 6.54 Å². The van der Waals surface area contributed by atoms with Crippen molar-refractivity contribution in [3.63, 3.8) is 0 Å². The lowest BCUT2D eigenvalue weighted by atomic mass is 9.76. The summed E-state index contributed by atoms with van der Waals surface area (Å²) < 4.78 is 0. The highest BCUT2D eigenvalue weighted by Gasteiger charge is 2.25. The first-order chi connectivity index (χ1) is 10.3. The van der Waals surface area contributed by atoms with Crippen LogP contribution in [-0.2, 0) is 0 Å². The number of nitrogens with two attached hydrogens (primary N) is 1. The molecule has 2 bridgehead atoms. The van der Waals surface area contributed by atoms with E-state index in [2.05, 4.69) is 6.92 Å². The summed E-state index contributed by atoms with van der Waals surface area (Å²) in [4.78, 5) is 0. The molecule has 0 aliphatic heterocycles. The van der Waals surface area contributed by atoms with Crippen LogP contribution >= 0.6 is 0 Å². The van der Waals surface area contributed by atoms with Gasteiger partial charge in [-0.05, 0) is 49.5 Å². The average Bonchev–Trinajstić information content (AvgIpc) is 2.50. The fourth-order valence-electron chi connectivity index (χ4n) is 5.05. The number of fused-ring (bicyclic) bond motifs is 4. The van der Waals surface area contributed by atoms with Gasteiger partial charge in [0.1, 0.15) is 0 Å². The van der Waals surface area contributed by atoms with Crippen molar-refractivity contribution in [3.8, 4) is 0 Å². The second-order valence-electron chi connectivity index (χ2n) is 8.16. The Morgan fingerprint density at radius 1 is 0.810 bits per heavy atom. The van der Waals surface area contributed by atoms with E-state index in [0.717, 1.165) is 30.2 Å². The van der Waals surface area contributed by atoms with Gasteiger partial charge in [-0.1, -0.05) is 77.6 Å². The largest absolute Gasteiger partial charge is 0.330 e. The van der Waals surface area contributed by atoms with Gasteiger partial charge in [0, 0.05) is 0 Å². The predicted molar refractivity (Wildman–Crippen MR) is 93.3 cm³/mol. The zero-order valence-electron chi connectivity index (χ0n) is 14.5. The summed E-state index contributed by atoms with van der Waals surface area (Å²) in [5.74, 6) is 3.97. The predicted octanol–water partition coefficient (Wildman–Crippen LogP) is 5.92. The minimum absolute atomic E-state index is 0.889. The standard InChI is InChI=1S/C20H39N/c1-17-8-5-10-18-9-3-2-4-12-19(13-6-11-18)20(16-17)14-7-15-21/h17-20H,2-16,21H2,1H3/t17?,18?,19-,20?/m1/s1. The van der Waals surface area contributed by atoms with Crippen molar-refractivity contribution in [2.45, 2.75) is 96.8 Å². The average molecular weight is 294 g/mol. The van der Waals surface area contributed by atoms with Crippen molar-refractivity contribution in [1.82, 2.24) is 0 Å². The monoisotopic (exact) mass is 293 g/mol. The molecule has 2 rings (SSSR count). The third-order valence-electron chi connectivity index (χ3n) is 6.33. The topological polar surface area (TPSA) is 26.0 Å². The van der Waals surface area contributed by atoms with Gasteiger partial charge in [-0.3, -0.25) is 0 Å². The molecule has 4 atom stereocenters. The Bertz CT molecular complexity index is 263. The van der Waals surface area contributed by atoms with Gasteiger partial charge in [0.2, 0.25) is 0 Å².